The summed E-state index contributed by atoms with van der Waals surface area (Å²) in [6.45, 7) is 1.77. The van der Waals surface area contributed by atoms with Crippen LogP contribution in [0.5, 0.6) is 0 Å². The topological polar surface area (TPSA) is 83.5 Å². The van der Waals surface area contributed by atoms with Gasteiger partial charge >= 0.3 is 5.97 Å². The fourth-order valence-electron chi connectivity index (χ4n) is 2.16. The number of nitrogens with one attached hydrogen (secondary N) is 1. The standard InChI is InChI=1S/C11H15NO4S2/c1-2-6-18(15,16)12-10-9(11(13)14)7-4-3-5-8(7)17-10/h12H,2-6H2,1H3,(H,13,14). The third-order valence-corrected chi connectivity index (χ3v) is 5.65. The Kier molecular flexibility index (Phi) is 3.63. The second kappa shape index (κ2) is 4.89. The monoisotopic (exact) mass is 289 g/mol. The largest absolute Gasteiger partial charge is 0.478 e. The molecule has 100 valence electrons. The summed E-state index contributed by atoms with van der Waals surface area (Å²) in [6.07, 6.45) is 3.02. The summed E-state index contributed by atoms with van der Waals surface area (Å²) in [5.74, 6) is -1.04. The Bertz CT molecular complexity index is 574. The van der Waals surface area contributed by atoms with Gasteiger partial charge in [0.2, 0.25) is 10.0 Å². The van der Waals surface area contributed by atoms with Gasteiger partial charge in [0.05, 0.1) is 11.3 Å². The van der Waals surface area contributed by atoms with Crippen molar-refractivity contribution in [2.75, 3.05) is 10.5 Å². The molecule has 1 aliphatic rings. The Morgan fingerprint density at radius 3 is 2.78 bits per heavy atom. The van der Waals surface area contributed by atoms with Crippen LogP contribution < -0.4 is 4.72 Å². The number of carboxylic acid groups (broad SMARTS) is 1. The van der Waals surface area contributed by atoms with E-state index in [-0.39, 0.29) is 16.3 Å². The van der Waals surface area contributed by atoms with Crippen LogP contribution >= 0.6 is 11.3 Å². The number of rotatable bonds is 5. The van der Waals surface area contributed by atoms with Crippen molar-refractivity contribution >= 4 is 32.3 Å². The van der Waals surface area contributed by atoms with Gasteiger partial charge in [0, 0.05) is 4.88 Å². The lowest BCUT2D eigenvalue weighted by Crippen LogP contribution is -2.17. The molecule has 0 aliphatic heterocycles. The molecule has 0 atom stereocenters. The molecule has 18 heavy (non-hydrogen) atoms. The fraction of sp³-hybridized carbons (Fsp3) is 0.545. The number of sulfonamides is 1. The van der Waals surface area contributed by atoms with Crippen molar-refractivity contribution in [2.45, 2.75) is 32.6 Å². The maximum atomic E-state index is 11.7. The molecule has 0 unspecified atom stereocenters. The molecule has 0 fully saturated rings. The van der Waals surface area contributed by atoms with Gasteiger partial charge in [-0.15, -0.1) is 11.3 Å². The molecule has 0 saturated heterocycles. The van der Waals surface area contributed by atoms with E-state index in [4.69, 9.17) is 0 Å². The maximum Gasteiger partial charge on any atom is 0.339 e. The third-order valence-electron chi connectivity index (χ3n) is 2.86. The van der Waals surface area contributed by atoms with Crippen molar-refractivity contribution in [1.29, 1.82) is 0 Å². The molecule has 2 N–H and O–H groups in total. The predicted molar refractivity (Wildman–Crippen MR) is 71.0 cm³/mol. The van der Waals surface area contributed by atoms with Crippen LogP contribution in [0.3, 0.4) is 0 Å². The molecule has 0 spiro atoms. The summed E-state index contributed by atoms with van der Waals surface area (Å²) < 4.78 is 25.8. The predicted octanol–water partition coefficient (Wildman–Crippen LogP) is 2.09. The summed E-state index contributed by atoms with van der Waals surface area (Å²) in [4.78, 5) is 12.3. The zero-order chi connectivity index (χ0) is 13.3. The van der Waals surface area contributed by atoms with Gasteiger partial charge in [-0.2, -0.15) is 0 Å². The molecule has 0 bridgehead atoms. The Morgan fingerprint density at radius 1 is 1.44 bits per heavy atom. The molecule has 7 heteroatoms. The van der Waals surface area contributed by atoms with Gasteiger partial charge in [-0.1, -0.05) is 6.92 Å². The molecule has 0 aromatic carbocycles. The Hall–Kier alpha value is -1.08. The van der Waals surface area contributed by atoms with Gasteiger partial charge < -0.3 is 5.11 Å². The third kappa shape index (κ3) is 2.51. The van der Waals surface area contributed by atoms with Crippen molar-refractivity contribution in [3.8, 4) is 0 Å². The van der Waals surface area contributed by atoms with Crippen LogP contribution in [0.1, 0.15) is 40.6 Å². The highest BCUT2D eigenvalue weighted by Crippen LogP contribution is 2.39. The van der Waals surface area contributed by atoms with E-state index in [1.807, 2.05) is 0 Å². The zero-order valence-corrected chi connectivity index (χ0v) is 11.7. The van der Waals surface area contributed by atoms with Gasteiger partial charge in [0.15, 0.2) is 0 Å². The molecule has 1 aromatic rings. The van der Waals surface area contributed by atoms with Crippen molar-refractivity contribution < 1.29 is 18.3 Å². The normalized spacial score (nSPS) is 14.5. The molecule has 1 aromatic heterocycles. The number of hydrogen-bond acceptors (Lipinski definition) is 4. The molecule has 1 heterocycles. The van der Waals surface area contributed by atoms with Crippen LogP contribution in [0.25, 0.3) is 0 Å². The number of anilines is 1. The van der Waals surface area contributed by atoms with Crippen molar-refractivity contribution in [1.82, 2.24) is 0 Å². The van der Waals surface area contributed by atoms with Crippen LogP contribution in [0.15, 0.2) is 0 Å². The van der Waals surface area contributed by atoms with E-state index in [2.05, 4.69) is 4.72 Å². The van der Waals surface area contributed by atoms with Gasteiger partial charge in [-0.3, -0.25) is 4.72 Å². The zero-order valence-electron chi connectivity index (χ0n) is 10.0. The molecule has 0 amide bonds. The van der Waals surface area contributed by atoms with E-state index in [1.54, 1.807) is 6.92 Å². The lowest BCUT2D eigenvalue weighted by atomic mass is 10.1. The highest BCUT2D eigenvalue weighted by atomic mass is 32.2. The summed E-state index contributed by atoms with van der Waals surface area (Å²) >= 11 is 1.26. The first kappa shape index (κ1) is 13.4. The fourth-order valence-corrected chi connectivity index (χ4v) is 4.87. The highest BCUT2D eigenvalue weighted by Gasteiger charge is 2.28. The Balaban J connectivity index is 2.37. The lowest BCUT2D eigenvalue weighted by molar-refractivity contribution is 0.0697. The first-order chi connectivity index (χ1) is 8.44. The Morgan fingerprint density at radius 2 is 2.17 bits per heavy atom. The lowest BCUT2D eigenvalue weighted by Gasteiger charge is -2.06. The van der Waals surface area contributed by atoms with Gasteiger partial charge in [0.1, 0.15) is 5.00 Å². The summed E-state index contributed by atoms with van der Waals surface area (Å²) in [5.41, 5.74) is 0.953. The van der Waals surface area contributed by atoms with E-state index in [1.165, 1.54) is 11.3 Å². The van der Waals surface area contributed by atoms with Gasteiger partial charge in [-0.25, -0.2) is 13.2 Å². The minimum absolute atomic E-state index is 0.00856. The molecule has 5 nitrogen and oxygen atoms in total. The summed E-state index contributed by atoms with van der Waals surface area (Å²) in [7, 11) is -3.43. The number of aromatic carboxylic acids is 1. The number of carbonyl (C=O) groups is 1. The molecule has 2 rings (SSSR count). The van der Waals surface area contributed by atoms with Crippen LogP contribution in [-0.2, 0) is 22.9 Å². The SMILES string of the molecule is CCCS(=O)(=O)Nc1sc2c(c1C(=O)O)CCC2. The van der Waals surface area contributed by atoms with E-state index in [0.717, 1.165) is 29.7 Å². The van der Waals surface area contributed by atoms with Crippen LogP contribution in [0.2, 0.25) is 0 Å². The smallest absolute Gasteiger partial charge is 0.339 e. The minimum atomic E-state index is -3.43. The molecular weight excluding hydrogens is 274 g/mol. The van der Waals surface area contributed by atoms with E-state index < -0.39 is 16.0 Å². The number of aryl methyl sites for hydroxylation is 1. The molecule has 1 aliphatic carbocycles. The summed E-state index contributed by atoms with van der Waals surface area (Å²) in [5, 5.41) is 9.48. The van der Waals surface area contributed by atoms with Crippen molar-refractivity contribution in [3.63, 3.8) is 0 Å². The van der Waals surface area contributed by atoms with Gasteiger partial charge in [0.25, 0.3) is 0 Å². The van der Waals surface area contributed by atoms with Crippen LogP contribution in [0.4, 0.5) is 5.00 Å². The number of carboxylic acids is 1. The molecule has 0 saturated carbocycles. The van der Waals surface area contributed by atoms with E-state index >= 15 is 0 Å². The van der Waals surface area contributed by atoms with Gasteiger partial charge in [-0.05, 0) is 31.2 Å². The average Bonchev–Trinajstić information content (AvgIpc) is 2.74. The number of fused-ring (bicyclic) bond motifs is 1. The first-order valence-corrected chi connectivity index (χ1v) is 8.30. The van der Waals surface area contributed by atoms with E-state index in [0.29, 0.717) is 6.42 Å². The van der Waals surface area contributed by atoms with E-state index in [9.17, 15) is 18.3 Å². The first-order valence-electron chi connectivity index (χ1n) is 5.83. The van der Waals surface area contributed by atoms with Crippen LogP contribution in [0, 0.1) is 0 Å². The Labute approximate surface area is 110 Å². The summed E-state index contributed by atoms with van der Waals surface area (Å²) in [6, 6.07) is 0. The average molecular weight is 289 g/mol. The van der Waals surface area contributed by atoms with Crippen molar-refractivity contribution in [2.24, 2.45) is 0 Å². The molecular formula is C11H15NO4S2. The second-order valence-electron chi connectivity index (χ2n) is 4.29. The molecule has 0 radical (unpaired) electrons. The number of thiophene rings is 1. The van der Waals surface area contributed by atoms with Crippen LogP contribution in [-0.4, -0.2) is 25.2 Å². The number of hydrogen-bond donors (Lipinski definition) is 2. The van der Waals surface area contributed by atoms with Crippen molar-refractivity contribution in [3.05, 3.63) is 16.0 Å². The maximum absolute atomic E-state index is 11.7. The minimum Gasteiger partial charge on any atom is -0.478 e. The quantitative estimate of drug-likeness (QED) is 0.869. The highest BCUT2D eigenvalue weighted by molar-refractivity contribution is 7.92. The second-order valence-corrected chi connectivity index (χ2v) is 7.23.